The summed E-state index contributed by atoms with van der Waals surface area (Å²) in [6, 6.07) is 5.94. The van der Waals surface area contributed by atoms with E-state index in [1.54, 1.807) is 6.92 Å². The fourth-order valence-corrected chi connectivity index (χ4v) is 6.14. The van der Waals surface area contributed by atoms with Crippen molar-refractivity contribution in [2.75, 3.05) is 31.7 Å². The van der Waals surface area contributed by atoms with Crippen molar-refractivity contribution >= 4 is 27.4 Å². The molecule has 0 amide bonds. The molecule has 228 valence electrons. The van der Waals surface area contributed by atoms with Crippen molar-refractivity contribution in [2.45, 2.75) is 63.6 Å². The van der Waals surface area contributed by atoms with Gasteiger partial charge in [0.2, 0.25) is 16.4 Å². The van der Waals surface area contributed by atoms with Crippen LogP contribution < -0.4 is 9.64 Å². The molecule has 2 aromatic carbocycles. The normalized spacial score (nSPS) is 19.6. The third-order valence-electron chi connectivity index (χ3n) is 7.01. The molecule has 14 heteroatoms. The lowest BCUT2D eigenvalue weighted by molar-refractivity contribution is -0.155. The first kappa shape index (κ1) is 32.5. The minimum atomic E-state index is -5.02. The molecule has 0 spiro atoms. The number of alkyl halides is 5. The van der Waals surface area contributed by atoms with E-state index >= 15 is 0 Å². The van der Waals surface area contributed by atoms with Crippen molar-refractivity contribution in [3.63, 3.8) is 0 Å². The van der Waals surface area contributed by atoms with Gasteiger partial charge < -0.3 is 14.4 Å². The van der Waals surface area contributed by atoms with Crippen LogP contribution in [-0.2, 0) is 25.7 Å². The lowest BCUT2D eigenvalue weighted by Gasteiger charge is -2.39. The molecule has 0 radical (unpaired) electrons. The molecule has 1 aliphatic heterocycles. The number of likely N-dealkylation sites (N-methyl/N-ethyl adjacent to an activating group) is 1. The Bertz CT molecular complexity index is 1370. The summed E-state index contributed by atoms with van der Waals surface area (Å²) < 4.78 is 122. The van der Waals surface area contributed by atoms with Crippen LogP contribution in [0.25, 0.3) is 0 Å². The largest absolute Gasteiger partial charge is 0.492 e. The fraction of sp³-hybridized carbons (Fsp3) is 0.519. The Labute approximate surface area is 235 Å². The van der Waals surface area contributed by atoms with E-state index in [0.717, 1.165) is 22.5 Å². The second kappa shape index (κ2) is 11.7. The molecular weight excluding hydrogens is 578 g/mol. The van der Waals surface area contributed by atoms with Crippen molar-refractivity contribution < 1.29 is 49.0 Å². The highest BCUT2D eigenvalue weighted by Crippen LogP contribution is 2.47. The van der Waals surface area contributed by atoms with Crippen LogP contribution >= 0.6 is 0 Å². The van der Waals surface area contributed by atoms with E-state index < -0.39 is 80.3 Å². The maximum atomic E-state index is 14.3. The molecule has 1 unspecified atom stereocenters. The number of nitrogens with zero attached hydrogens (tertiary/aromatic N) is 2. The van der Waals surface area contributed by atoms with Gasteiger partial charge in [0.25, 0.3) is 0 Å². The van der Waals surface area contributed by atoms with Gasteiger partial charge in [0.1, 0.15) is 23.1 Å². The van der Waals surface area contributed by atoms with Gasteiger partial charge in [-0.2, -0.15) is 17.5 Å². The number of halogens is 6. The number of rotatable bonds is 9. The molecule has 7 nitrogen and oxygen atoms in total. The van der Waals surface area contributed by atoms with Crippen LogP contribution in [0.2, 0.25) is 0 Å². The number of esters is 1. The second-order valence-corrected chi connectivity index (χ2v) is 12.6. The quantitative estimate of drug-likeness (QED) is 0.242. The zero-order chi connectivity index (χ0) is 31.0. The first-order chi connectivity index (χ1) is 18.8. The molecular formula is C27H32F6N2O5S. The van der Waals surface area contributed by atoms with Crippen molar-refractivity contribution in [1.82, 2.24) is 4.31 Å². The van der Waals surface area contributed by atoms with Crippen LogP contribution in [0.3, 0.4) is 0 Å². The van der Waals surface area contributed by atoms with Crippen molar-refractivity contribution in [3.05, 3.63) is 47.8 Å². The number of benzene rings is 2. The van der Waals surface area contributed by atoms with E-state index in [9.17, 15) is 39.6 Å². The molecule has 0 bridgehead atoms. The number of anilines is 2. The third kappa shape index (κ3) is 6.91. The third-order valence-corrected chi connectivity index (χ3v) is 9.06. The van der Waals surface area contributed by atoms with Gasteiger partial charge in [-0.1, -0.05) is 0 Å². The minimum absolute atomic E-state index is 0.0308. The number of ether oxygens (including phenoxy) is 2. The predicted molar refractivity (Wildman–Crippen MR) is 139 cm³/mol. The van der Waals surface area contributed by atoms with Crippen LogP contribution in [0.5, 0.6) is 5.75 Å². The molecule has 2 aromatic rings. The molecule has 0 fully saturated rings. The van der Waals surface area contributed by atoms with Crippen LogP contribution in [0.15, 0.2) is 41.3 Å². The maximum Gasteiger partial charge on any atom is 0.420 e. The molecule has 0 saturated carbocycles. The highest BCUT2D eigenvalue weighted by molar-refractivity contribution is 7.89. The van der Waals surface area contributed by atoms with Gasteiger partial charge in [0, 0.05) is 31.8 Å². The average molecular weight is 611 g/mol. The number of sulfonamides is 1. The van der Waals surface area contributed by atoms with Gasteiger partial charge in [0.15, 0.2) is 0 Å². The topological polar surface area (TPSA) is 76.2 Å². The smallest absolute Gasteiger partial charge is 0.420 e. The Morgan fingerprint density at radius 2 is 1.73 bits per heavy atom. The molecule has 1 atom stereocenters. The van der Waals surface area contributed by atoms with E-state index in [-0.39, 0.29) is 25.3 Å². The first-order valence-corrected chi connectivity index (χ1v) is 14.1. The summed E-state index contributed by atoms with van der Waals surface area (Å²) in [5.41, 5.74) is -4.46. The SMILES string of the molecule is CCOC(=O)C(C)(C)COc1cc2c(cc1C(F)(F)F)N(c1ccc(F)cc1)CC(C)(CCC(F)F)N(C)S2(=O)=O. The summed E-state index contributed by atoms with van der Waals surface area (Å²) in [5.74, 6) is -2.22. The Balaban J connectivity index is 2.27. The summed E-state index contributed by atoms with van der Waals surface area (Å²) in [5, 5.41) is 0. The Kier molecular flexibility index (Phi) is 9.28. The lowest BCUT2D eigenvalue weighted by atomic mass is 9.94. The number of hydrogen-bond acceptors (Lipinski definition) is 6. The Hall–Kier alpha value is -3.00. The molecule has 0 aromatic heterocycles. The van der Waals surface area contributed by atoms with Crippen LogP contribution in [0.1, 0.15) is 46.1 Å². The van der Waals surface area contributed by atoms with Gasteiger partial charge in [-0.15, -0.1) is 0 Å². The van der Waals surface area contributed by atoms with Crippen molar-refractivity contribution in [2.24, 2.45) is 5.41 Å². The number of carbonyl (C=O) groups excluding carboxylic acids is 1. The van der Waals surface area contributed by atoms with E-state index in [1.807, 2.05) is 0 Å². The summed E-state index contributed by atoms with van der Waals surface area (Å²) in [6.45, 7) is 4.92. The lowest BCUT2D eigenvalue weighted by Crippen LogP contribution is -2.51. The second-order valence-electron chi connectivity index (χ2n) is 10.7. The average Bonchev–Trinajstić information content (AvgIpc) is 2.94. The van der Waals surface area contributed by atoms with Crippen LogP contribution in [0.4, 0.5) is 37.7 Å². The Morgan fingerprint density at radius 3 is 2.27 bits per heavy atom. The first-order valence-electron chi connectivity index (χ1n) is 12.7. The zero-order valence-corrected chi connectivity index (χ0v) is 24.0. The van der Waals surface area contributed by atoms with E-state index in [0.29, 0.717) is 6.07 Å². The van der Waals surface area contributed by atoms with Gasteiger partial charge in [-0.25, -0.2) is 21.6 Å². The number of hydrogen-bond donors (Lipinski definition) is 0. The molecule has 3 rings (SSSR count). The summed E-state index contributed by atoms with van der Waals surface area (Å²) >= 11 is 0. The van der Waals surface area contributed by atoms with Gasteiger partial charge in [0.05, 0.1) is 28.8 Å². The highest BCUT2D eigenvalue weighted by Gasteiger charge is 2.47. The number of fused-ring (bicyclic) bond motifs is 1. The van der Waals surface area contributed by atoms with Crippen molar-refractivity contribution in [3.8, 4) is 5.75 Å². The van der Waals surface area contributed by atoms with Crippen molar-refractivity contribution in [1.29, 1.82) is 0 Å². The summed E-state index contributed by atoms with van der Waals surface area (Å²) in [4.78, 5) is 12.9. The molecule has 0 aliphatic carbocycles. The zero-order valence-electron chi connectivity index (χ0n) is 23.2. The molecule has 41 heavy (non-hydrogen) atoms. The van der Waals surface area contributed by atoms with Gasteiger partial charge in [-0.05, 0) is 64.4 Å². The Morgan fingerprint density at radius 1 is 1.12 bits per heavy atom. The van der Waals surface area contributed by atoms with Crippen LogP contribution in [-0.4, -0.2) is 57.5 Å². The van der Waals surface area contributed by atoms with E-state index in [4.69, 9.17) is 9.47 Å². The molecule has 1 heterocycles. The maximum absolute atomic E-state index is 14.3. The monoisotopic (exact) mass is 610 g/mol. The summed E-state index contributed by atoms with van der Waals surface area (Å²) in [7, 11) is -3.42. The number of carbonyl (C=O) groups is 1. The van der Waals surface area contributed by atoms with Gasteiger partial charge >= 0.3 is 12.1 Å². The highest BCUT2D eigenvalue weighted by atomic mass is 32.2. The predicted octanol–water partition coefficient (Wildman–Crippen LogP) is 6.39. The van der Waals surface area contributed by atoms with E-state index in [2.05, 4.69) is 0 Å². The summed E-state index contributed by atoms with van der Waals surface area (Å²) in [6.07, 6.45) is -8.77. The molecule has 0 saturated heterocycles. The fourth-order valence-electron chi connectivity index (χ4n) is 4.42. The minimum Gasteiger partial charge on any atom is -0.492 e. The standard InChI is InChI=1S/C27H32F6N2O5S/c1-6-39-24(36)25(2,3)16-40-21-14-22-20(13-19(21)27(31,32)33)35(18-9-7-17(28)8-10-18)15-26(4,12-11-23(29)30)34(5)41(22,37)38/h7-10,13-14,23H,6,11-12,15-16H2,1-5H3. The van der Waals surface area contributed by atoms with Gasteiger partial charge in [-0.3, -0.25) is 4.79 Å². The van der Waals surface area contributed by atoms with E-state index in [1.165, 1.54) is 44.9 Å². The molecule has 1 aliphatic rings. The molecule has 0 N–H and O–H groups in total. The van der Waals surface area contributed by atoms with Crippen LogP contribution in [0, 0.1) is 11.2 Å².